The Morgan fingerprint density at radius 1 is 1.65 bits per heavy atom. The molecule has 88 valence electrons. The molecule has 1 saturated heterocycles. The summed E-state index contributed by atoms with van der Waals surface area (Å²) in [6.07, 6.45) is -1.22. The summed E-state index contributed by atoms with van der Waals surface area (Å²) in [5, 5.41) is 8.87. The van der Waals surface area contributed by atoms with Gasteiger partial charge in [-0.2, -0.15) is 0 Å². The van der Waals surface area contributed by atoms with Crippen LogP contribution in [-0.4, -0.2) is 30.5 Å². The molecule has 5 nitrogen and oxygen atoms in total. The van der Waals surface area contributed by atoms with Gasteiger partial charge in [0.1, 0.15) is 11.9 Å². The lowest BCUT2D eigenvalue weighted by Crippen LogP contribution is -2.25. The molecule has 1 fully saturated rings. The maximum Gasteiger partial charge on any atom is 0.414 e. The SMILES string of the molecule is [C-]#[N+]c1ccc(N2CC(CO)OC2=O)cc1F. The summed E-state index contributed by atoms with van der Waals surface area (Å²) < 4.78 is 18.2. The minimum atomic E-state index is -0.683. The molecule has 0 aliphatic carbocycles. The molecule has 1 atom stereocenters. The van der Waals surface area contributed by atoms with Gasteiger partial charge in [0.2, 0.25) is 5.69 Å². The van der Waals surface area contributed by atoms with Gasteiger partial charge >= 0.3 is 6.09 Å². The van der Waals surface area contributed by atoms with Crippen molar-refractivity contribution < 1.29 is 19.0 Å². The second-order valence-corrected chi connectivity index (χ2v) is 3.55. The molecule has 17 heavy (non-hydrogen) atoms. The minimum absolute atomic E-state index is 0.0972. The van der Waals surface area contributed by atoms with Crippen molar-refractivity contribution in [2.45, 2.75) is 6.10 Å². The largest absolute Gasteiger partial charge is 0.441 e. The smallest absolute Gasteiger partial charge is 0.414 e. The van der Waals surface area contributed by atoms with E-state index in [1.807, 2.05) is 0 Å². The molecule has 0 aromatic heterocycles. The van der Waals surface area contributed by atoms with Crippen LogP contribution in [0.5, 0.6) is 0 Å². The number of carbonyl (C=O) groups excluding carboxylic acids is 1. The number of halogens is 1. The first-order valence-electron chi connectivity index (χ1n) is 4.91. The van der Waals surface area contributed by atoms with Crippen molar-refractivity contribution in [1.29, 1.82) is 0 Å². The molecule has 1 aliphatic rings. The van der Waals surface area contributed by atoms with Gasteiger partial charge < -0.3 is 9.84 Å². The molecule has 0 spiro atoms. The van der Waals surface area contributed by atoms with E-state index >= 15 is 0 Å². The van der Waals surface area contributed by atoms with Crippen LogP contribution < -0.4 is 4.90 Å². The first kappa shape index (κ1) is 11.4. The Kier molecular flexibility index (Phi) is 2.93. The summed E-state index contributed by atoms with van der Waals surface area (Å²) in [5.41, 5.74) is 0.218. The van der Waals surface area contributed by atoms with Crippen molar-refractivity contribution in [3.63, 3.8) is 0 Å². The molecular formula is C11H9FN2O3. The minimum Gasteiger partial charge on any atom is -0.441 e. The fourth-order valence-electron chi connectivity index (χ4n) is 1.58. The van der Waals surface area contributed by atoms with Gasteiger partial charge in [-0.1, -0.05) is 6.07 Å². The Hall–Kier alpha value is -2.13. The molecule has 0 radical (unpaired) electrons. The lowest BCUT2D eigenvalue weighted by atomic mass is 10.2. The van der Waals surface area contributed by atoms with Gasteiger partial charge in [0.05, 0.1) is 19.7 Å². The predicted octanol–water partition coefficient (Wildman–Crippen LogP) is 1.69. The number of anilines is 1. The third-order valence-corrected chi connectivity index (χ3v) is 2.44. The van der Waals surface area contributed by atoms with Gasteiger partial charge in [-0.25, -0.2) is 14.0 Å². The second kappa shape index (κ2) is 4.39. The highest BCUT2D eigenvalue weighted by Crippen LogP contribution is 2.27. The normalized spacial score (nSPS) is 19.0. The molecule has 1 heterocycles. The zero-order valence-electron chi connectivity index (χ0n) is 8.76. The fourth-order valence-corrected chi connectivity index (χ4v) is 1.58. The van der Waals surface area contributed by atoms with Crippen molar-refractivity contribution in [1.82, 2.24) is 0 Å². The molecule has 0 saturated carbocycles. The van der Waals surface area contributed by atoms with Crippen molar-refractivity contribution in [2.24, 2.45) is 0 Å². The highest BCUT2D eigenvalue weighted by atomic mass is 19.1. The Bertz CT molecular complexity index is 498. The van der Waals surface area contributed by atoms with Crippen molar-refractivity contribution in [2.75, 3.05) is 18.1 Å². The summed E-state index contributed by atoms with van der Waals surface area (Å²) in [6.45, 7) is 6.61. The Balaban J connectivity index is 2.27. The molecular weight excluding hydrogens is 227 g/mol. The molecule has 0 bridgehead atoms. The summed E-state index contributed by atoms with van der Waals surface area (Å²) in [4.78, 5) is 15.6. The zero-order valence-corrected chi connectivity index (χ0v) is 8.76. The van der Waals surface area contributed by atoms with E-state index in [2.05, 4.69) is 4.85 Å². The number of nitrogens with zero attached hydrogens (tertiary/aromatic N) is 2. The first-order valence-corrected chi connectivity index (χ1v) is 4.91. The second-order valence-electron chi connectivity index (χ2n) is 3.55. The van der Waals surface area contributed by atoms with Gasteiger partial charge in [-0.05, 0) is 12.1 Å². The maximum absolute atomic E-state index is 13.4. The number of carbonyl (C=O) groups is 1. The predicted molar refractivity (Wildman–Crippen MR) is 57.4 cm³/mol. The van der Waals surface area contributed by atoms with Crippen molar-refractivity contribution in [3.8, 4) is 0 Å². The molecule has 1 N–H and O–H groups in total. The molecule has 1 amide bonds. The number of hydrogen-bond donors (Lipinski definition) is 1. The van der Waals surface area contributed by atoms with Crippen LogP contribution in [0.15, 0.2) is 18.2 Å². The van der Waals surface area contributed by atoms with Gasteiger partial charge in [0, 0.05) is 5.69 Å². The van der Waals surface area contributed by atoms with Gasteiger partial charge in [-0.15, -0.1) is 0 Å². The quantitative estimate of drug-likeness (QED) is 0.795. The van der Waals surface area contributed by atoms with E-state index in [1.54, 1.807) is 0 Å². The number of ether oxygens (including phenoxy) is 1. The Morgan fingerprint density at radius 2 is 2.41 bits per heavy atom. The van der Waals surface area contributed by atoms with E-state index in [9.17, 15) is 9.18 Å². The van der Waals surface area contributed by atoms with E-state index in [1.165, 1.54) is 17.0 Å². The van der Waals surface area contributed by atoms with Crippen LogP contribution in [0, 0.1) is 12.4 Å². The molecule has 2 rings (SSSR count). The highest BCUT2D eigenvalue weighted by Gasteiger charge is 2.32. The number of hydrogen-bond acceptors (Lipinski definition) is 3. The van der Waals surface area contributed by atoms with Crippen LogP contribution in [0.3, 0.4) is 0 Å². The van der Waals surface area contributed by atoms with Gasteiger partial charge in [0.15, 0.2) is 0 Å². The number of cyclic esters (lactones) is 1. The van der Waals surface area contributed by atoms with E-state index in [0.717, 1.165) is 6.07 Å². The topological polar surface area (TPSA) is 54.1 Å². The van der Waals surface area contributed by atoms with E-state index in [0.29, 0.717) is 5.69 Å². The van der Waals surface area contributed by atoms with Crippen LogP contribution >= 0.6 is 0 Å². The van der Waals surface area contributed by atoms with E-state index in [-0.39, 0.29) is 18.8 Å². The third-order valence-electron chi connectivity index (χ3n) is 2.44. The monoisotopic (exact) mass is 236 g/mol. The summed E-state index contributed by atoms with van der Waals surface area (Å²) >= 11 is 0. The number of amides is 1. The van der Waals surface area contributed by atoms with Crippen LogP contribution in [0.4, 0.5) is 20.6 Å². The Labute approximate surface area is 96.8 Å². The van der Waals surface area contributed by atoms with Crippen LogP contribution in [-0.2, 0) is 4.74 Å². The zero-order chi connectivity index (χ0) is 12.4. The molecule has 1 aromatic rings. The van der Waals surface area contributed by atoms with Gasteiger partial charge in [-0.3, -0.25) is 4.90 Å². The van der Waals surface area contributed by atoms with Crippen LogP contribution in [0.1, 0.15) is 0 Å². The Morgan fingerprint density at radius 3 is 2.94 bits per heavy atom. The molecule has 1 unspecified atom stereocenters. The van der Waals surface area contributed by atoms with Crippen LogP contribution in [0.2, 0.25) is 0 Å². The fraction of sp³-hybridized carbons (Fsp3) is 0.273. The summed E-state index contributed by atoms with van der Waals surface area (Å²) in [6, 6.07) is 3.88. The first-order chi connectivity index (χ1) is 8.15. The van der Waals surface area contributed by atoms with Crippen LogP contribution in [0.25, 0.3) is 4.85 Å². The molecule has 6 heteroatoms. The maximum atomic E-state index is 13.4. The number of aliphatic hydroxyl groups excluding tert-OH is 1. The number of benzene rings is 1. The van der Waals surface area contributed by atoms with Crippen molar-refractivity contribution >= 4 is 17.5 Å². The standard InChI is InChI=1S/C11H9FN2O3/c1-13-10-3-2-7(4-9(10)12)14-5-8(6-15)17-11(14)16/h2-4,8,15H,5-6H2. The third kappa shape index (κ3) is 2.05. The number of rotatable bonds is 2. The lowest BCUT2D eigenvalue weighted by Gasteiger charge is -2.12. The summed E-state index contributed by atoms with van der Waals surface area (Å²) in [7, 11) is 0. The summed E-state index contributed by atoms with van der Waals surface area (Å²) in [5.74, 6) is -0.683. The average Bonchev–Trinajstić information content (AvgIpc) is 2.70. The average molecular weight is 236 g/mol. The highest BCUT2D eigenvalue weighted by molar-refractivity contribution is 5.90. The van der Waals surface area contributed by atoms with Gasteiger partial charge in [0.25, 0.3) is 0 Å². The lowest BCUT2D eigenvalue weighted by molar-refractivity contribution is 0.0963. The van der Waals surface area contributed by atoms with E-state index < -0.39 is 18.0 Å². The van der Waals surface area contributed by atoms with Crippen molar-refractivity contribution in [3.05, 3.63) is 35.4 Å². The van der Waals surface area contributed by atoms with E-state index in [4.69, 9.17) is 16.4 Å². The molecule has 1 aromatic carbocycles. The number of aliphatic hydroxyl groups is 1. The molecule has 1 aliphatic heterocycles.